The predicted octanol–water partition coefficient (Wildman–Crippen LogP) is 2.68. The van der Waals surface area contributed by atoms with Crippen molar-refractivity contribution in [3.63, 3.8) is 0 Å². The number of anilines is 1. The van der Waals surface area contributed by atoms with Gasteiger partial charge in [-0.1, -0.05) is 12.1 Å². The Hall–Kier alpha value is -1.77. The molecule has 82 valence electrons. The Morgan fingerprint density at radius 1 is 1.00 bits per heavy atom. The van der Waals surface area contributed by atoms with Crippen molar-refractivity contribution in [2.24, 2.45) is 0 Å². The van der Waals surface area contributed by atoms with Crippen molar-refractivity contribution >= 4 is 5.69 Å². The molecule has 0 spiro atoms. The molecule has 3 heteroatoms. The summed E-state index contributed by atoms with van der Waals surface area (Å²) in [7, 11) is 0. The van der Waals surface area contributed by atoms with Crippen LogP contribution in [0.15, 0.2) is 36.5 Å². The zero-order valence-electron chi connectivity index (χ0n) is 9.19. The monoisotopic (exact) mass is 213 g/mol. The van der Waals surface area contributed by atoms with Gasteiger partial charge in [-0.15, -0.1) is 0 Å². The van der Waals surface area contributed by atoms with E-state index in [4.69, 9.17) is 0 Å². The van der Waals surface area contributed by atoms with E-state index in [1.54, 1.807) is 6.20 Å². The van der Waals surface area contributed by atoms with Crippen LogP contribution in [0.5, 0.6) is 0 Å². The summed E-state index contributed by atoms with van der Waals surface area (Å²) in [6, 6.07) is 10.7. The lowest BCUT2D eigenvalue weighted by molar-refractivity contribution is 0.949. The molecular formula is C13H15N3. The first-order valence-electron chi connectivity index (χ1n) is 5.78. The molecule has 0 unspecified atom stereocenters. The normalized spacial score (nSPS) is 15.6. The van der Waals surface area contributed by atoms with Gasteiger partial charge < -0.3 is 4.90 Å². The highest BCUT2D eigenvalue weighted by Crippen LogP contribution is 2.23. The third-order valence-corrected chi connectivity index (χ3v) is 3.15. The zero-order valence-corrected chi connectivity index (χ0v) is 9.19. The van der Waals surface area contributed by atoms with Crippen molar-refractivity contribution in [1.82, 2.24) is 10.2 Å². The Morgan fingerprint density at radius 3 is 2.38 bits per heavy atom. The summed E-state index contributed by atoms with van der Waals surface area (Å²) in [5.74, 6) is 0. The number of benzene rings is 1. The fourth-order valence-corrected chi connectivity index (χ4v) is 2.24. The SMILES string of the molecule is c1cc(-c2ccc(N3CCCC3)cc2)[nH]n1. The van der Waals surface area contributed by atoms with E-state index in [0.29, 0.717) is 0 Å². The van der Waals surface area contributed by atoms with Gasteiger partial charge in [0.05, 0.1) is 5.69 Å². The molecule has 0 saturated carbocycles. The molecule has 3 rings (SSSR count). The van der Waals surface area contributed by atoms with Gasteiger partial charge in [0.2, 0.25) is 0 Å². The summed E-state index contributed by atoms with van der Waals surface area (Å²) >= 11 is 0. The van der Waals surface area contributed by atoms with Crippen LogP contribution in [-0.2, 0) is 0 Å². The first-order chi connectivity index (χ1) is 7.93. The maximum atomic E-state index is 3.96. The van der Waals surface area contributed by atoms with Gasteiger partial charge in [-0.25, -0.2) is 0 Å². The van der Waals surface area contributed by atoms with E-state index >= 15 is 0 Å². The van der Waals surface area contributed by atoms with Crippen LogP contribution in [0.3, 0.4) is 0 Å². The minimum absolute atomic E-state index is 1.08. The van der Waals surface area contributed by atoms with Crippen molar-refractivity contribution in [2.75, 3.05) is 18.0 Å². The van der Waals surface area contributed by atoms with E-state index in [2.05, 4.69) is 39.4 Å². The van der Waals surface area contributed by atoms with Crippen molar-refractivity contribution < 1.29 is 0 Å². The minimum Gasteiger partial charge on any atom is -0.372 e. The lowest BCUT2D eigenvalue weighted by Gasteiger charge is -2.17. The van der Waals surface area contributed by atoms with Gasteiger partial charge in [-0.3, -0.25) is 5.10 Å². The van der Waals surface area contributed by atoms with Gasteiger partial charge >= 0.3 is 0 Å². The van der Waals surface area contributed by atoms with Crippen molar-refractivity contribution in [2.45, 2.75) is 12.8 Å². The average molecular weight is 213 g/mol. The fraction of sp³-hybridized carbons (Fsp3) is 0.308. The molecule has 0 atom stereocenters. The molecule has 0 aliphatic carbocycles. The first kappa shape index (κ1) is 9.46. The Balaban J connectivity index is 1.84. The number of nitrogens with zero attached hydrogens (tertiary/aromatic N) is 2. The van der Waals surface area contributed by atoms with Gasteiger partial charge in [0.15, 0.2) is 0 Å². The third-order valence-electron chi connectivity index (χ3n) is 3.15. The molecule has 1 aromatic heterocycles. The lowest BCUT2D eigenvalue weighted by atomic mass is 10.1. The highest BCUT2D eigenvalue weighted by Gasteiger charge is 2.11. The fourth-order valence-electron chi connectivity index (χ4n) is 2.24. The van der Waals surface area contributed by atoms with Crippen LogP contribution in [0.1, 0.15) is 12.8 Å². The Morgan fingerprint density at radius 2 is 1.75 bits per heavy atom. The van der Waals surface area contributed by atoms with Crippen LogP contribution in [0.4, 0.5) is 5.69 Å². The topological polar surface area (TPSA) is 31.9 Å². The second-order valence-corrected chi connectivity index (χ2v) is 4.21. The largest absolute Gasteiger partial charge is 0.372 e. The molecule has 16 heavy (non-hydrogen) atoms. The maximum absolute atomic E-state index is 3.96. The number of hydrogen-bond donors (Lipinski definition) is 1. The molecule has 1 aliphatic heterocycles. The summed E-state index contributed by atoms with van der Waals surface area (Å²) in [4.78, 5) is 2.44. The van der Waals surface area contributed by atoms with Gasteiger partial charge in [-0.05, 0) is 36.6 Å². The first-order valence-corrected chi connectivity index (χ1v) is 5.78. The van der Waals surface area contributed by atoms with E-state index in [1.807, 2.05) is 6.07 Å². The molecule has 0 bridgehead atoms. The Labute approximate surface area is 95.1 Å². The van der Waals surface area contributed by atoms with Crippen molar-refractivity contribution in [3.05, 3.63) is 36.5 Å². The quantitative estimate of drug-likeness (QED) is 0.831. The van der Waals surface area contributed by atoms with Crippen LogP contribution in [0, 0.1) is 0 Å². The summed E-state index contributed by atoms with van der Waals surface area (Å²) in [5, 5.41) is 6.94. The molecule has 0 amide bonds. The van der Waals surface area contributed by atoms with Crippen LogP contribution in [-0.4, -0.2) is 23.3 Å². The number of hydrogen-bond acceptors (Lipinski definition) is 2. The molecular weight excluding hydrogens is 198 g/mol. The van der Waals surface area contributed by atoms with Crippen LogP contribution in [0.2, 0.25) is 0 Å². The number of H-pyrrole nitrogens is 1. The molecule has 2 heterocycles. The molecule has 2 aromatic rings. The van der Waals surface area contributed by atoms with Gasteiger partial charge in [-0.2, -0.15) is 5.10 Å². The van der Waals surface area contributed by atoms with Crippen LogP contribution in [0.25, 0.3) is 11.3 Å². The molecule has 0 radical (unpaired) electrons. The third kappa shape index (κ3) is 1.69. The average Bonchev–Trinajstić information content (AvgIpc) is 3.03. The summed E-state index contributed by atoms with van der Waals surface area (Å²) in [6.07, 6.45) is 4.42. The standard InChI is InChI=1S/C13H15N3/c1-2-10-16(9-1)12-5-3-11(4-6-12)13-7-8-14-15-13/h3-8H,1-2,9-10H2,(H,14,15). The maximum Gasteiger partial charge on any atom is 0.0650 e. The van der Waals surface area contributed by atoms with Crippen molar-refractivity contribution in [1.29, 1.82) is 0 Å². The second kappa shape index (κ2) is 4.00. The highest BCUT2D eigenvalue weighted by molar-refractivity contribution is 5.62. The number of aromatic nitrogens is 2. The Kier molecular flexibility index (Phi) is 2.37. The molecule has 1 aliphatic rings. The van der Waals surface area contributed by atoms with Crippen molar-refractivity contribution in [3.8, 4) is 11.3 Å². The summed E-state index contributed by atoms with van der Waals surface area (Å²) in [6.45, 7) is 2.40. The van der Waals surface area contributed by atoms with E-state index in [-0.39, 0.29) is 0 Å². The Bertz CT molecular complexity index is 439. The number of rotatable bonds is 2. The molecule has 3 nitrogen and oxygen atoms in total. The molecule has 1 N–H and O–H groups in total. The minimum atomic E-state index is 1.08. The number of nitrogens with one attached hydrogen (secondary N) is 1. The highest BCUT2D eigenvalue weighted by atomic mass is 15.1. The lowest BCUT2D eigenvalue weighted by Crippen LogP contribution is -2.17. The van der Waals surface area contributed by atoms with E-state index in [0.717, 1.165) is 5.69 Å². The summed E-state index contributed by atoms with van der Waals surface area (Å²) in [5.41, 5.74) is 3.61. The van der Waals surface area contributed by atoms with Crippen LogP contribution < -0.4 is 4.90 Å². The number of aromatic amines is 1. The molecule has 1 saturated heterocycles. The van der Waals surface area contributed by atoms with E-state index in [9.17, 15) is 0 Å². The molecule has 1 fully saturated rings. The van der Waals surface area contributed by atoms with E-state index in [1.165, 1.54) is 37.2 Å². The smallest absolute Gasteiger partial charge is 0.0650 e. The molecule has 1 aromatic carbocycles. The van der Waals surface area contributed by atoms with Crippen LogP contribution >= 0.6 is 0 Å². The van der Waals surface area contributed by atoms with E-state index < -0.39 is 0 Å². The zero-order chi connectivity index (χ0) is 10.8. The van der Waals surface area contributed by atoms with Gasteiger partial charge in [0.25, 0.3) is 0 Å². The summed E-state index contributed by atoms with van der Waals surface area (Å²) < 4.78 is 0. The second-order valence-electron chi connectivity index (χ2n) is 4.21. The predicted molar refractivity (Wildman–Crippen MR) is 65.5 cm³/mol. The van der Waals surface area contributed by atoms with Gasteiger partial charge in [0, 0.05) is 25.0 Å². The van der Waals surface area contributed by atoms with Gasteiger partial charge in [0.1, 0.15) is 0 Å².